The highest BCUT2D eigenvalue weighted by Gasteiger charge is 2.16. The van der Waals surface area contributed by atoms with Crippen LogP contribution in [-0.2, 0) is 6.42 Å². The average molecular weight is 563 g/mol. The molecule has 3 aromatic carbocycles. The minimum atomic E-state index is -0.903. The summed E-state index contributed by atoms with van der Waals surface area (Å²) in [5.41, 5.74) is 4.48. The van der Waals surface area contributed by atoms with Gasteiger partial charge >= 0.3 is 0 Å². The first kappa shape index (κ1) is 32.8. The molecule has 0 bridgehead atoms. The molecule has 3 heteroatoms. The smallest absolute Gasteiger partial charge is 0.201 e. The lowest BCUT2D eigenvalue weighted by Gasteiger charge is -2.11. The molecule has 0 unspecified atom stereocenters. The predicted molar refractivity (Wildman–Crippen MR) is 172 cm³/mol. The van der Waals surface area contributed by atoms with Crippen molar-refractivity contribution in [1.82, 2.24) is 0 Å². The summed E-state index contributed by atoms with van der Waals surface area (Å²) < 4.78 is 35.4. The second-order valence-electron chi connectivity index (χ2n) is 11.6. The Morgan fingerprint density at radius 1 is 0.463 bits per heavy atom. The van der Waals surface area contributed by atoms with Crippen LogP contribution in [0.15, 0.2) is 60.7 Å². The quantitative estimate of drug-likeness (QED) is 0.117. The van der Waals surface area contributed by atoms with Gasteiger partial charge in [-0.15, -0.1) is 0 Å². The molecule has 3 rings (SSSR count). The fraction of sp³-hybridized carbons (Fsp3) is 0.526. The highest BCUT2D eigenvalue weighted by atomic mass is 19.2. The predicted octanol–water partition coefficient (Wildman–Crippen LogP) is 12.5. The van der Waals surface area contributed by atoms with E-state index in [4.69, 9.17) is 4.74 Å². The minimum Gasteiger partial charge on any atom is -0.490 e. The number of benzene rings is 3. The first-order valence-electron chi connectivity index (χ1n) is 16.4. The topological polar surface area (TPSA) is 9.23 Å². The lowest BCUT2D eigenvalue weighted by molar-refractivity contribution is 0.285. The van der Waals surface area contributed by atoms with Gasteiger partial charge in [0.15, 0.2) is 11.6 Å². The number of rotatable bonds is 21. The highest BCUT2D eigenvalue weighted by Crippen LogP contribution is 2.31. The molecule has 1 nitrogen and oxygen atoms in total. The Labute approximate surface area is 248 Å². The van der Waals surface area contributed by atoms with Gasteiger partial charge in [0, 0.05) is 5.56 Å². The zero-order valence-electron chi connectivity index (χ0n) is 25.7. The van der Waals surface area contributed by atoms with E-state index in [0.717, 1.165) is 30.4 Å². The maximum atomic E-state index is 15.0. The van der Waals surface area contributed by atoms with Crippen LogP contribution in [-0.4, -0.2) is 6.61 Å². The van der Waals surface area contributed by atoms with E-state index in [-0.39, 0.29) is 11.3 Å². The molecule has 0 heterocycles. The van der Waals surface area contributed by atoms with Gasteiger partial charge in [-0.25, -0.2) is 4.39 Å². The number of ether oxygens (including phenoxy) is 1. The molecule has 0 amide bonds. The summed E-state index contributed by atoms with van der Waals surface area (Å²) in [7, 11) is 0. The van der Waals surface area contributed by atoms with Crippen molar-refractivity contribution in [3.05, 3.63) is 77.9 Å². The maximum Gasteiger partial charge on any atom is 0.201 e. The molecule has 3 aromatic rings. The lowest BCUT2D eigenvalue weighted by Crippen LogP contribution is -2.01. The molecule has 0 radical (unpaired) electrons. The van der Waals surface area contributed by atoms with Crippen LogP contribution in [0, 0.1) is 11.6 Å². The Hall–Kier alpha value is -2.68. The highest BCUT2D eigenvalue weighted by molar-refractivity contribution is 5.71. The van der Waals surface area contributed by atoms with E-state index in [9.17, 15) is 8.78 Å². The lowest BCUT2D eigenvalue weighted by atomic mass is 9.98. The van der Waals surface area contributed by atoms with Gasteiger partial charge in [-0.3, -0.25) is 0 Å². The van der Waals surface area contributed by atoms with E-state index in [1.807, 2.05) is 24.3 Å². The zero-order chi connectivity index (χ0) is 29.1. The van der Waals surface area contributed by atoms with Crippen LogP contribution in [0.1, 0.15) is 122 Å². The van der Waals surface area contributed by atoms with Crippen LogP contribution >= 0.6 is 0 Å². The van der Waals surface area contributed by atoms with Gasteiger partial charge < -0.3 is 4.74 Å². The molecule has 0 N–H and O–H groups in total. The van der Waals surface area contributed by atoms with Crippen LogP contribution in [0.25, 0.3) is 22.3 Å². The van der Waals surface area contributed by atoms with E-state index in [2.05, 4.69) is 38.1 Å². The number of unbranched alkanes of at least 4 members (excludes halogenated alkanes) is 14. The summed E-state index contributed by atoms with van der Waals surface area (Å²) in [5, 5.41) is 0. The summed E-state index contributed by atoms with van der Waals surface area (Å²) in [4.78, 5) is 0. The third-order valence-corrected chi connectivity index (χ3v) is 8.10. The van der Waals surface area contributed by atoms with Crippen molar-refractivity contribution in [3.63, 3.8) is 0 Å². The van der Waals surface area contributed by atoms with Crippen molar-refractivity contribution in [2.24, 2.45) is 0 Å². The van der Waals surface area contributed by atoms with Crippen LogP contribution < -0.4 is 4.74 Å². The Kier molecular flexibility index (Phi) is 15.6. The summed E-state index contributed by atoms with van der Waals surface area (Å²) in [6, 6.07) is 19.6. The second kappa shape index (κ2) is 19.4. The monoisotopic (exact) mass is 562 g/mol. The number of hydrogen-bond acceptors (Lipinski definition) is 1. The first-order valence-corrected chi connectivity index (χ1v) is 16.4. The number of aryl methyl sites for hydroxylation is 1. The van der Waals surface area contributed by atoms with Crippen molar-refractivity contribution >= 4 is 0 Å². The summed E-state index contributed by atoms with van der Waals surface area (Å²) >= 11 is 0. The molecule has 0 aliphatic heterocycles. The molecule has 0 atom stereocenters. The molecule has 0 saturated heterocycles. The third-order valence-electron chi connectivity index (χ3n) is 8.10. The Balaban J connectivity index is 1.43. The zero-order valence-corrected chi connectivity index (χ0v) is 25.7. The molecule has 0 aromatic heterocycles. The van der Waals surface area contributed by atoms with Crippen molar-refractivity contribution in [2.75, 3.05) is 6.61 Å². The Morgan fingerprint density at radius 3 is 1.49 bits per heavy atom. The van der Waals surface area contributed by atoms with E-state index >= 15 is 0 Å². The average Bonchev–Trinajstić information content (AvgIpc) is 3.00. The summed E-state index contributed by atoms with van der Waals surface area (Å²) in [6.07, 6.45) is 21.2. The van der Waals surface area contributed by atoms with Gasteiger partial charge in [0.1, 0.15) is 0 Å². The van der Waals surface area contributed by atoms with Crippen LogP contribution in [0.2, 0.25) is 0 Å². The SMILES string of the molecule is CCCCCCCCCCCCOc1ccc(-c2ccc(-c3ccc(CCCCCCCC)cc3)cc2)c(F)c1F. The van der Waals surface area contributed by atoms with Gasteiger partial charge in [-0.05, 0) is 53.6 Å². The Morgan fingerprint density at radius 2 is 0.927 bits per heavy atom. The fourth-order valence-electron chi connectivity index (χ4n) is 5.45. The Bertz CT molecular complexity index is 1100. The third kappa shape index (κ3) is 11.6. The molecule has 0 fully saturated rings. The summed E-state index contributed by atoms with van der Waals surface area (Å²) in [5.74, 6) is -1.75. The van der Waals surface area contributed by atoms with Crippen molar-refractivity contribution in [2.45, 2.75) is 123 Å². The van der Waals surface area contributed by atoms with Crippen LogP contribution in [0.4, 0.5) is 8.78 Å². The number of hydrogen-bond donors (Lipinski definition) is 0. The molecule has 0 aliphatic rings. The summed E-state index contributed by atoms with van der Waals surface area (Å²) in [6.45, 7) is 4.91. The van der Waals surface area contributed by atoms with E-state index in [0.29, 0.717) is 12.2 Å². The minimum absolute atomic E-state index is 0.000145. The van der Waals surface area contributed by atoms with E-state index in [1.54, 1.807) is 12.1 Å². The first-order chi connectivity index (χ1) is 20.1. The molecule has 0 aliphatic carbocycles. The standard InChI is InChI=1S/C38H52F2O/c1-3-5-7-9-11-12-13-14-16-18-30-41-36-29-28-35(37(39)38(36)40)34-26-24-33(25-27-34)32-22-20-31(21-23-32)19-17-15-10-8-6-4-2/h20-29H,3-19,30H2,1-2H3. The van der Waals surface area contributed by atoms with E-state index < -0.39 is 11.6 Å². The molecule has 41 heavy (non-hydrogen) atoms. The molecule has 224 valence electrons. The maximum absolute atomic E-state index is 15.0. The number of halogens is 2. The van der Waals surface area contributed by atoms with Crippen molar-refractivity contribution in [3.8, 4) is 28.0 Å². The molecular formula is C38H52F2O. The van der Waals surface area contributed by atoms with Crippen LogP contribution in [0.3, 0.4) is 0 Å². The van der Waals surface area contributed by atoms with Crippen molar-refractivity contribution in [1.29, 1.82) is 0 Å². The van der Waals surface area contributed by atoms with Gasteiger partial charge in [-0.1, -0.05) is 152 Å². The fourth-order valence-corrected chi connectivity index (χ4v) is 5.45. The molecule has 0 saturated carbocycles. The second-order valence-corrected chi connectivity index (χ2v) is 11.6. The van der Waals surface area contributed by atoms with Crippen LogP contribution in [0.5, 0.6) is 5.75 Å². The van der Waals surface area contributed by atoms with Crippen molar-refractivity contribution < 1.29 is 13.5 Å². The van der Waals surface area contributed by atoms with Gasteiger partial charge in [-0.2, -0.15) is 4.39 Å². The van der Waals surface area contributed by atoms with E-state index in [1.165, 1.54) is 95.5 Å². The van der Waals surface area contributed by atoms with Gasteiger partial charge in [0.25, 0.3) is 0 Å². The largest absolute Gasteiger partial charge is 0.490 e. The van der Waals surface area contributed by atoms with Gasteiger partial charge in [0.2, 0.25) is 5.82 Å². The normalized spacial score (nSPS) is 11.2. The molecule has 0 spiro atoms. The molecular weight excluding hydrogens is 510 g/mol. The van der Waals surface area contributed by atoms with Gasteiger partial charge in [0.05, 0.1) is 6.61 Å².